The Morgan fingerprint density at radius 2 is 2.67 bits per heavy atom. The SMILES string of the molecule is OC[C@H]1CCN(c2nccs2)C1. The van der Waals surface area contributed by atoms with E-state index in [0.717, 1.165) is 24.6 Å². The molecule has 0 bridgehead atoms. The van der Waals surface area contributed by atoms with Crippen molar-refractivity contribution in [3.05, 3.63) is 11.6 Å². The van der Waals surface area contributed by atoms with Crippen LogP contribution in [0.2, 0.25) is 0 Å². The smallest absolute Gasteiger partial charge is 0.185 e. The lowest BCUT2D eigenvalue weighted by atomic mass is 10.1. The summed E-state index contributed by atoms with van der Waals surface area (Å²) in [5.41, 5.74) is 0. The zero-order valence-electron chi connectivity index (χ0n) is 6.81. The summed E-state index contributed by atoms with van der Waals surface area (Å²) in [6.07, 6.45) is 2.92. The van der Waals surface area contributed by atoms with E-state index in [-0.39, 0.29) is 0 Å². The number of anilines is 1. The molecule has 1 saturated heterocycles. The third kappa shape index (κ3) is 1.44. The molecule has 0 spiro atoms. The topological polar surface area (TPSA) is 36.4 Å². The minimum Gasteiger partial charge on any atom is -0.396 e. The quantitative estimate of drug-likeness (QED) is 0.743. The Balaban J connectivity index is 2.00. The van der Waals surface area contributed by atoms with E-state index in [4.69, 9.17) is 5.11 Å². The minimum atomic E-state index is 0.307. The lowest BCUT2D eigenvalue weighted by Gasteiger charge is -2.13. The molecule has 0 amide bonds. The van der Waals surface area contributed by atoms with Crippen molar-refractivity contribution in [3.63, 3.8) is 0 Å². The van der Waals surface area contributed by atoms with E-state index in [2.05, 4.69) is 9.88 Å². The maximum atomic E-state index is 8.94. The largest absolute Gasteiger partial charge is 0.396 e. The van der Waals surface area contributed by atoms with Crippen molar-refractivity contribution >= 4 is 16.5 Å². The van der Waals surface area contributed by atoms with Crippen molar-refractivity contribution in [2.24, 2.45) is 5.92 Å². The van der Waals surface area contributed by atoms with Crippen molar-refractivity contribution in [2.75, 3.05) is 24.6 Å². The summed E-state index contributed by atoms with van der Waals surface area (Å²) in [6, 6.07) is 0. The summed E-state index contributed by atoms with van der Waals surface area (Å²) in [6.45, 7) is 2.31. The zero-order valence-corrected chi connectivity index (χ0v) is 7.63. The molecule has 1 aliphatic rings. The number of aliphatic hydroxyl groups is 1. The highest BCUT2D eigenvalue weighted by molar-refractivity contribution is 7.13. The third-order valence-electron chi connectivity index (χ3n) is 2.23. The Morgan fingerprint density at radius 1 is 1.75 bits per heavy atom. The van der Waals surface area contributed by atoms with Crippen molar-refractivity contribution < 1.29 is 5.11 Å². The number of hydrogen-bond donors (Lipinski definition) is 1. The first-order valence-corrected chi connectivity index (χ1v) is 5.03. The van der Waals surface area contributed by atoms with Crippen LogP contribution in [0.25, 0.3) is 0 Å². The Hall–Kier alpha value is -0.610. The number of hydrogen-bond acceptors (Lipinski definition) is 4. The van der Waals surface area contributed by atoms with Gasteiger partial charge in [-0.3, -0.25) is 0 Å². The van der Waals surface area contributed by atoms with Crippen molar-refractivity contribution in [1.82, 2.24) is 4.98 Å². The molecule has 2 heterocycles. The van der Waals surface area contributed by atoms with Crippen LogP contribution in [0.3, 0.4) is 0 Å². The second kappa shape index (κ2) is 3.41. The first-order valence-electron chi connectivity index (χ1n) is 4.15. The van der Waals surface area contributed by atoms with Gasteiger partial charge in [0.2, 0.25) is 0 Å². The average Bonchev–Trinajstić information content (AvgIpc) is 2.75. The van der Waals surface area contributed by atoms with Crippen LogP contribution in [0.1, 0.15) is 6.42 Å². The second-order valence-electron chi connectivity index (χ2n) is 3.10. The summed E-state index contributed by atoms with van der Waals surface area (Å²) in [7, 11) is 0. The van der Waals surface area contributed by atoms with Crippen LogP contribution in [0, 0.1) is 5.92 Å². The van der Waals surface area contributed by atoms with E-state index in [9.17, 15) is 0 Å². The van der Waals surface area contributed by atoms with E-state index < -0.39 is 0 Å². The monoisotopic (exact) mass is 184 g/mol. The van der Waals surface area contributed by atoms with Gasteiger partial charge in [0.15, 0.2) is 5.13 Å². The molecule has 2 rings (SSSR count). The summed E-state index contributed by atoms with van der Waals surface area (Å²) >= 11 is 1.67. The van der Waals surface area contributed by atoms with Crippen LogP contribution in [-0.2, 0) is 0 Å². The van der Waals surface area contributed by atoms with Gasteiger partial charge < -0.3 is 10.0 Å². The van der Waals surface area contributed by atoms with Crippen LogP contribution in [-0.4, -0.2) is 29.8 Å². The number of aromatic nitrogens is 1. The van der Waals surface area contributed by atoms with Crippen LogP contribution >= 0.6 is 11.3 Å². The standard InChI is InChI=1S/C8H12N2OS/c11-6-7-1-3-10(5-7)8-9-2-4-12-8/h2,4,7,11H,1,3,5-6H2/t7-/m0/s1. The highest BCUT2D eigenvalue weighted by Gasteiger charge is 2.22. The molecule has 12 heavy (non-hydrogen) atoms. The molecule has 0 saturated carbocycles. The van der Waals surface area contributed by atoms with Crippen LogP contribution in [0.4, 0.5) is 5.13 Å². The molecule has 66 valence electrons. The predicted octanol–water partition coefficient (Wildman–Crippen LogP) is 0.962. The molecule has 0 aromatic carbocycles. The zero-order chi connectivity index (χ0) is 8.39. The van der Waals surface area contributed by atoms with Gasteiger partial charge in [-0.1, -0.05) is 0 Å². The molecule has 0 unspecified atom stereocenters. The Morgan fingerprint density at radius 3 is 3.25 bits per heavy atom. The summed E-state index contributed by atoms with van der Waals surface area (Å²) in [4.78, 5) is 6.47. The predicted molar refractivity (Wildman–Crippen MR) is 49.5 cm³/mol. The molecule has 1 atom stereocenters. The Labute approximate surface area is 75.7 Å². The fraction of sp³-hybridized carbons (Fsp3) is 0.625. The summed E-state index contributed by atoms with van der Waals surface area (Å²) in [5.74, 6) is 0.453. The van der Waals surface area contributed by atoms with Crippen molar-refractivity contribution in [2.45, 2.75) is 6.42 Å². The number of thiazole rings is 1. The van der Waals surface area contributed by atoms with Gasteiger partial charge in [-0.15, -0.1) is 11.3 Å². The molecule has 1 aliphatic heterocycles. The lowest BCUT2D eigenvalue weighted by Crippen LogP contribution is -2.20. The van der Waals surface area contributed by atoms with Gasteiger partial charge in [0.25, 0.3) is 0 Å². The van der Waals surface area contributed by atoms with Gasteiger partial charge in [-0.05, 0) is 6.42 Å². The first kappa shape index (κ1) is 8.01. The summed E-state index contributed by atoms with van der Waals surface area (Å²) in [5, 5.41) is 12.0. The van der Waals surface area contributed by atoms with Crippen molar-refractivity contribution in [3.8, 4) is 0 Å². The molecular weight excluding hydrogens is 172 g/mol. The summed E-state index contributed by atoms with van der Waals surface area (Å²) < 4.78 is 0. The normalized spacial score (nSPS) is 23.4. The molecule has 0 radical (unpaired) electrons. The number of aliphatic hydroxyl groups excluding tert-OH is 1. The van der Waals surface area contributed by atoms with E-state index in [1.165, 1.54) is 0 Å². The molecular formula is C8H12N2OS. The van der Waals surface area contributed by atoms with Gasteiger partial charge in [0.05, 0.1) is 0 Å². The third-order valence-corrected chi connectivity index (χ3v) is 3.07. The second-order valence-corrected chi connectivity index (χ2v) is 3.97. The van der Waals surface area contributed by atoms with Crippen LogP contribution < -0.4 is 4.90 Å². The van der Waals surface area contributed by atoms with Crippen LogP contribution in [0.15, 0.2) is 11.6 Å². The number of rotatable bonds is 2. The molecule has 0 aliphatic carbocycles. The fourth-order valence-electron chi connectivity index (χ4n) is 1.53. The first-order chi connectivity index (χ1) is 5.90. The lowest BCUT2D eigenvalue weighted by molar-refractivity contribution is 0.238. The van der Waals surface area contributed by atoms with Gasteiger partial charge in [-0.25, -0.2) is 4.98 Å². The Bertz CT molecular complexity index is 237. The fourth-order valence-corrected chi connectivity index (χ4v) is 2.21. The highest BCUT2D eigenvalue weighted by Crippen LogP contribution is 2.24. The van der Waals surface area contributed by atoms with Crippen molar-refractivity contribution in [1.29, 1.82) is 0 Å². The number of nitrogens with zero attached hydrogens (tertiary/aromatic N) is 2. The molecule has 1 fully saturated rings. The van der Waals surface area contributed by atoms with E-state index >= 15 is 0 Å². The van der Waals surface area contributed by atoms with Crippen LogP contribution in [0.5, 0.6) is 0 Å². The van der Waals surface area contributed by atoms with E-state index in [1.807, 2.05) is 11.6 Å². The molecule has 3 nitrogen and oxygen atoms in total. The van der Waals surface area contributed by atoms with E-state index in [0.29, 0.717) is 12.5 Å². The van der Waals surface area contributed by atoms with Gasteiger partial charge >= 0.3 is 0 Å². The molecule has 1 aromatic rings. The molecule has 1 aromatic heterocycles. The maximum Gasteiger partial charge on any atom is 0.185 e. The molecule has 4 heteroatoms. The van der Waals surface area contributed by atoms with E-state index in [1.54, 1.807) is 11.3 Å². The Kier molecular flexibility index (Phi) is 2.28. The van der Waals surface area contributed by atoms with Gasteiger partial charge in [0, 0.05) is 37.2 Å². The highest BCUT2D eigenvalue weighted by atomic mass is 32.1. The minimum absolute atomic E-state index is 0.307. The molecule has 1 N–H and O–H groups in total. The maximum absolute atomic E-state index is 8.94. The average molecular weight is 184 g/mol. The van der Waals surface area contributed by atoms with Gasteiger partial charge in [-0.2, -0.15) is 0 Å². The van der Waals surface area contributed by atoms with Gasteiger partial charge in [0.1, 0.15) is 0 Å².